The number of carbonyl (C=O) groups is 3. The van der Waals surface area contributed by atoms with Crippen molar-refractivity contribution in [3.63, 3.8) is 0 Å². The Labute approximate surface area is 204 Å². The fourth-order valence-corrected chi connectivity index (χ4v) is 4.74. The lowest BCUT2D eigenvalue weighted by atomic mass is 9.84. The van der Waals surface area contributed by atoms with E-state index in [1.807, 2.05) is 30.3 Å². The van der Waals surface area contributed by atoms with E-state index in [2.05, 4.69) is 15.3 Å². The first kappa shape index (κ1) is 26.2. The van der Waals surface area contributed by atoms with Crippen LogP contribution < -0.4 is 11.1 Å². The summed E-state index contributed by atoms with van der Waals surface area (Å²) in [6, 6.07) is 9.03. The van der Waals surface area contributed by atoms with E-state index in [0.717, 1.165) is 5.56 Å². The summed E-state index contributed by atoms with van der Waals surface area (Å²) in [5.41, 5.74) is 5.22. The number of carboxylic acid groups (broad SMARTS) is 2. The van der Waals surface area contributed by atoms with Crippen molar-refractivity contribution in [2.24, 2.45) is 5.73 Å². The molecule has 3 atom stereocenters. The molecule has 2 heterocycles. The van der Waals surface area contributed by atoms with E-state index in [0.29, 0.717) is 44.6 Å². The van der Waals surface area contributed by atoms with Gasteiger partial charge < -0.3 is 21.3 Å². The Balaban J connectivity index is 1.63. The van der Waals surface area contributed by atoms with Gasteiger partial charge in [0.05, 0.1) is 6.04 Å². The Kier molecular flexibility index (Phi) is 9.27. The molecule has 0 bridgehead atoms. The number of nitrogens with one attached hydrogen (secondary N) is 1. The molecule has 2 aromatic rings. The van der Waals surface area contributed by atoms with E-state index < -0.39 is 35.3 Å². The van der Waals surface area contributed by atoms with Crippen molar-refractivity contribution in [1.82, 2.24) is 14.9 Å². The van der Waals surface area contributed by atoms with Crippen LogP contribution in [0, 0.1) is 0 Å². The predicted molar refractivity (Wildman–Crippen MR) is 130 cm³/mol. The number of ketones is 1. The Bertz CT molecular complexity index is 990. The van der Waals surface area contributed by atoms with Crippen LogP contribution in [0.3, 0.4) is 0 Å². The summed E-state index contributed by atoms with van der Waals surface area (Å²) in [6.07, 6.45) is 5.99. The number of benzene rings is 1. The van der Waals surface area contributed by atoms with Gasteiger partial charge in [-0.05, 0) is 56.6 Å². The first-order valence-corrected chi connectivity index (χ1v) is 11.9. The van der Waals surface area contributed by atoms with Crippen molar-refractivity contribution < 1.29 is 24.6 Å². The summed E-state index contributed by atoms with van der Waals surface area (Å²) in [5.74, 6) is -2.57. The van der Waals surface area contributed by atoms with Crippen molar-refractivity contribution in [3.8, 4) is 0 Å². The molecule has 188 valence electrons. The maximum absolute atomic E-state index is 13.4. The molecule has 5 N–H and O–H groups in total. The normalized spacial score (nSPS) is 19.7. The minimum atomic E-state index is -1.92. The number of nitrogens with two attached hydrogens (primary N) is 1. The van der Waals surface area contributed by atoms with Gasteiger partial charge in [-0.15, -0.1) is 0 Å². The average molecular weight is 484 g/mol. The smallest absolute Gasteiger partial charge is 0.332 e. The molecule has 0 spiro atoms. The molecule has 10 heteroatoms. The molecule has 3 rings (SSSR count). The Morgan fingerprint density at radius 1 is 1.06 bits per heavy atom. The van der Waals surface area contributed by atoms with Crippen molar-refractivity contribution in [3.05, 3.63) is 54.4 Å². The second-order valence-electron chi connectivity index (χ2n) is 8.81. The van der Waals surface area contributed by atoms with Crippen LogP contribution in [0.2, 0.25) is 0 Å². The number of aliphatic carboxylic acids is 2. The zero-order chi connectivity index (χ0) is 25.3. The number of rotatable bonds is 14. The second kappa shape index (κ2) is 12.4. The predicted octanol–water partition coefficient (Wildman–Crippen LogP) is 1.96. The minimum absolute atomic E-state index is 0.0525. The monoisotopic (exact) mass is 483 g/mol. The van der Waals surface area contributed by atoms with Gasteiger partial charge >= 0.3 is 11.9 Å². The molecule has 1 aromatic carbocycles. The van der Waals surface area contributed by atoms with Gasteiger partial charge in [-0.1, -0.05) is 30.3 Å². The summed E-state index contributed by atoms with van der Waals surface area (Å²) in [7, 11) is 0. The third-order valence-corrected chi connectivity index (χ3v) is 6.53. The number of hydrogen-bond acceptors (Lipinski definition) is 8. The Morgan fingerprint density at radius 3 is 2.43 bits per heavy atom. The molecule has 0 saturated carbocycles. The average Bonchev–Trinajstić information content (AvgIpc) is 3.30. The van der Waals surface area contributed by atoms with Crippen LogP contribution in [0.15, 0.2) is 48.8 Å². The minimum Gasteiger partial charge on any atom is -0.480 e. The van der Waals surface area contributed by atoms with Gasteiger partial charge in [0.15, 0.2) is 11.3 Å². The van der Waals surface area contributed by atoms with E-state index in [4.69, 9.17) is 5.73 Å². The van der Waals surface area contributed by atoms with Gasteiger partial charge in [-0.25, -0.2) is 14.8 Å². The first-order valence-electron chi connectivity index (χ1n) is 11.9. The number of likely N-dealkylation sites (tertiary alicyclic amines) is 1. The topological polar surface area (TPSA) is 159 Å². The van der Waals surface area contributed by atoms with E-state index in [1.165, 1.54) is 4.90 Å². The van der Waals surface area contributed by atoms with Gasteiger partial charge in [0.1, 0.15) is 6.04 Å². The summed E-state index contributed by atoms with van der Waals surface area (Å²) < 4.78 is 0. The Morgan fingerprint density at radius 2 is 1.77 bits per heavy atom. The fraction of sp³-hybridized carbons (Fsp3) is 0.480. The van der Waals surface area contributed by atoms with Gasteiger partial charge in [0.2, 0.25) is 5.95 Å². The van der Waals surface area contributed by atoms with Gasteiger partial charge in [-0.3, -0.25) is 14.5 Å². The highest BCUT2D eigenvalue weighted by Crippen LogP contribution is 2.35. The van der Waals surface area contributed by atoms with Gasteiger partial charge in [0.25, 0.3) is 0 Å². The van der Waals surface area contributed by atoms with Crippen molar-refractivity contribution in [2.75, 3.05) is 18.4 Å². The van der Waals surface area contributed by atoms with Crippen LogP contribution in [0.5, 0.6) is 0 Å². The van der Waals surface area contributed by atoms with Crippen LogP contribution in [0.4, 0.5) is 5.95 Å². The summed E-state index contributed by atoms with van der Waals surface area (Å²) in [4.78, 5) is 47.6. The second-order valence-corrected chi connectivity index (χ2v) is 8.81. The molecule has 1 unspecified atom stereocenters. The summed E-state index contributed by atoms with van der Waals surface area (Å²) >= 11 is 0. The van der Waals surface area contributed by atoms with Crippen molar-refractivity contribution in [2.45, 2.75) is 62.6 Å². The lowest BCUT2D eigenvalue weighted by Gasteiger charge is -2.38. The molecule has 0 aliphatic carbocycles. The largest absolute Gasteiger partial charge is 0.480 e. The first-order chi connectivity index (χ1) is 16.9. The highest BCUT2D eigenvalue weighted by molar-refractivity contribution is 6.10. The highest BCUT2D eigenvalue weighted by Gasteiger charge is 2.57. The van der Waals surface area contributed by atoms with Crippen molar-refractivity contribution in [1.29, 1.82) is 0 Å². The number of nitrogens with zero attached hydrogens (tertiary/aromatic N) is 3. The van der Waals surface area contributed by atoms with Crippen LogP contribution in [0.25, 0.3) is 0 Å². The Hall–Kier alpha value is -3.37. The van der Waals surface area contributed by atoms with E-state index in [-0.39, 0.29) is 19.4 Å². The van der Waals surface area contributed by atoms with Crippen LogP contribution in [-0.2, 0) is 20.8 Å². The number of aromatic nitrogens is 2. The zero-order valence-corrected chi connectivity index (χ0v) is 19.7. The molecule has 1 aliphatic rings. The standard InChI is InChI=1S/C25H33N5O5/c26-19(10-4-5-14-27-24-28-15-7-16-29-24)21(31)25(23(34)35)13-6-17-30(25)20(22(32)33)12-11-18-8-2-1-3-9-18/h1-3,7-9,15-16,19-20H,4-6,10-14,17,26H2,(H,32,33)(H,34,35)(H,27,28,29)/t19-,20?,25+/m0/s1. The maximum Gasteiger partial charge on any atom is 0.332 e. The third kappa shape index (κ3) is 6.40. The third-order valence-electron chi connectivity index (χ3n) is 6.53. The fourth-order valence-electron chi connectivity index (χ4n) is 4.74. The quantitative estimate of drug-likeness (QED) is 0.231. The number of carboxylic acids is 2. The lowest BCUT2D eigenvalue weighted by Crippen LogP contribution is -2.64. The number of aryl methyl sites for hydroxylation is 1. The van der Waals surface area contributed by atoms with E-state index in [9.17, 15) is 24.6 Å². The molecule has 0 amide bonds. The molecule has 1 aliphatic heterocycles. The molecular formula is C25H33N5O5. The maximum atomic E-state index is 13.4. The van der Waals surface area contributed by atoms with Crippen LogP contribution >= 0.6 is 0 Å². The SMILES string of the molecule is N[C@@H](CCCCNc1ncccn1)C(=O)[C@@]1(C(=O)O)CCCN1C(CCc1ccccc1)C(=O)O. The van der Waals surface area contributed by atoms with Gasteiger partial charge in [-0.2, -0.15) is 0 Å². The van der Waals surface area contributed by atoms with Crippen LogP contribution in [0.1, 0.15) is 44.1 Å². The van der Waals surface area contributed by atoms with Crippen molar-refractivity contribution >= 4 is 23.7 Å². The number of anilines is 1. The molecule has 1 aromatic heterocycles. The number of unbranched alkanes of at least 4 members (excludes halogenated alkanes) is 1. The molecule has 10 nitrogen and oxygen atoms in total. The van der Waals surface area contributed by atoms with E-state index >= 15 is 0 Å². The van der Waals surface area contributed by atoms with Gasteiger partial charge in [0, 0.05) is 25.5 Å². The number of carbonyl (C=O) groups excluding carboxylic acids is 1. The molecule has 1 saturated heterocycles. The number of Topliss-reactive ketones (excluding diaryl/α,β-unsaturated/α-hetero) is 1. The summed E-state index contributed by atoms with van der Waals surface area (Å²) in [5, 5.41) is 23.2. The molecular weight excluding hydrogens is 450 g/mol. The highest BCUT2D eigenvalue weighted by atomic mass is 16.4. The summed E-state index contributed by atoms with van der Waals surface area (Å²) in [6.45, 7) is 0.805. The molecule has 1 fully saturated rings. The van der Waals surface area contributed by atoms with E-state index in [1.54, 1.807) is 18.5 Å². The number of hydrogen-bond donors (Lipinski definition) is 4. The zero-order valence-electron chi connectivity index (χ0n) is 19.7. The molecule has 35 heavy (non-hydrogen) atoms. The lowest BCUT2D eigenvalue weighted by molar-refractivity contribution is -0.161. The molecule has 0 radical (unpaired) electrons. The van der Waals surface area contributed by atoms with Crippen LogP contribution in [-0.4, -0.2) is 73.5 Å².